The lowest BCUT2D eigenvalue weighted by atomic mass is 10.3. The highest BCUT2D eigenvalue weighted by atomic mass is 19.4. The van der Waals surface area contributed by atoms with Crippen molar-refractivity contribution in [2.45, 2.75) is 13.1 Å². The molecule has 26 heavy (non-hydrogen) atoms. The van der Waals surface area contributed by atoms with Crippen LogP contribution >= 0.6 is 0 Å². The monoisotopic (exact) mass is 363 g/mol. The number of aromatic nitrogens is 5. The molecule has 0 N–H and O–H groups in total. The van der Waals surface area contributed by atoms with Crippen molar-refractivity contribution in [2.75, 3.05) is 36.0 Å². The maximum atomic E-state index is 12.9. The average Bonchev–Trinajstić information content (AvgIpc) is 3.07. The summed E-state index contributed by atoms with van der Waals surface area (Å²) in [6.07, 6.45) is -0.536. The van der Waals surface area contributed by atoms with Gasteiger partial charge in [0.05, 0.1) is 5.69 Å². The molecule has 1 aliphatic heterocycles. The number of hydrogen-bond donors (Lipinski definition) is 0. The van der Waals surface area contributed by atoms with Crippen LogP contribution in [0.5, 0.6) is 0 Å². The van der Waals surface area contributed by atoms with Crippen LogP contribution in [0, 0.1) is 6.92 Å². The van der Waals surface area contributed by atoms with Gasteiger partial charge in [-0.2, -0.15) is 18.3 Å². The number of imidazole rings is 1. The maximum Gasteiger partial charge on any atom is 0.434 e. The van der Waals surface area contributed by atoms with Crippen molar-refractivity contribution in [3.8, 4) is 0 Å². The molecule has 1 saturated heterocycles. The minimum Gasteiger partial charge on any atom is -0.352 e. The van der Waals surface area contributed by atoms with Gasteiger partial charge in [0.2, 0.25) is 0 Å². The third-order valence-electron chi connectivity index (χ3n) is 4.33. The lowest BCUT2D eigenvalue weighted by molar-refractivity contribution is -0.140. The van der Waals surface area contributed by atoms with Gasteiger partial charge in [-0.3, -0.25) is 0 Å². The fourth-order valence-electron chi connectivity index (χ4n) is 2.97. The number of halogens is 3. The molecule has 0 unspecified atom stereocenters. The Morgan fingerprint density at radius 1 is 1.00 bits per heavy atom. The molecule has 0 aliphatic carbocycles. The first kappa shape index (κ1) is 16.6. The fraction of sp³-hybridized carbons (Fsp3) is 0.375. The number of aryl methyl sites for hydroxylation is 1. The molecule has 10 heteroatoms. The van der Waals surface area contributed by atoms with Crippen LogP contribution in [0.2, 0.25) is 0 Å². The quantitative estimate of drug-likeness (QED) is 0.695. The van der Waals surface area contributed by atoms with E-state index in [-0.39, 0.29) is 5.65 Å². The van der Waals surface area contributed by atoms with Crippen molar-refractivity contribution in [3.05, 3.63) is 42.1 Å². The number of piperazine rings is 1. The summed E-state index contributed by atoms with van der Waals surface area (Å²) in [5.74, 6) is 1.25. The van der Waals surface area contributed by atoms with E-state index in [1.54, 1.807) is 0 Å². The van der Waals surface area contributed by atoms with Gasteiger partial charge in [-0.05, 0) is 19.1 Å². The predicted octanol–water partition coefficient (Wildman–Crippen LogP) is 2.17. The van der Waals surface area contributed by atoms with Crippen LogP contribution in [0.15, 0.2) is 30.7 Å². The summed E-state index contributed by atoms with van der Waals surface area (Å²) in [6.45, 7) is 4.44. The molecule has 0 radical (unpaired) electrons. The third kappa shape index (κ3) is 3.02. The molecule has 0 amide bonds. The summed E-state index contributed by atoms with van der Waals surface area (Å²) in [5, 5.41) is 8.24. The molecule has 7 nitrogen and oxygen atoms in total. The minimum atomic E-state index is -4.48. The summed E-state index contributed by atoms with van der Waals surface area (Å²) >= 11 is 0. The van der Waals surface area contributed by atoms with E-state index in [0.717, 1.165) is 17.7 Å². The van der Waals surface area contributed by atoms with E-state index in [1.165, 1.54) is 16.8 Å². The molecular weight excluding hydrogens is 347 g/mol. The largest absolute Gasteiger partial charge is 0.434 e. The van der Waals surface area contributed by atoms with Crippen LogP contribution in [-0.2, 0) is 6.18 Å². The number of rotatable bonds is 2. The molecule has 0 aromatic carbocycles. The lowest BCUT2D eigenvalue weighted by Crippen LogP contribution is -2.47. The molecule has 4 heterocycles. The topological polar surface area (TPSA) is 62.5 Å². The van der Waals surface area contributed by atoms with Gasteiger partial charge in [0.1, 0.15) is 0 Å². The number of nitrogens with zero attached hydrogens (tertiary/aromatic N) is 7. The van der Waals surface area contributed by atoms with E-state index in [2.05, 4.69) is 25.1 Å². The Morgan fingerprint density at radius 3 is 2.38 bits per heavy atom. The molecule has 0 saturated carbocycles. The third-order valence-corrected chi connectivity index (χ3v) is 4.33. The zero-order valence-electron chi connectivity index (χ0n) is 14.0. The van der Waals surface area contributed by atoms with Gasteiger partial charge in [0, 0.05) is 44.8 Å². The van der Waals surface area contributed by atoms with E-state index < -0.39 is 11.9 Å². The van der Waals surface area contributed by atoms with Crippen LogP contribution in [0.3, 0.4) is 0 Å². The maximum absolute atomic E-state index is 12.9. The van der Waals surface area contributed by atoms with Crippen molar-refractivity contribution in [3.63, 3.8) is 0 Å². The standard InChI is InChI=1S/C16H16F3N7/c1-11-2-3-13(23-22-11)24-6-8-25(9-7-24)14-15-21-12(16(17,18)19)10-26(15)5-4-20-14/h2-5,10H,6-9H2,1H3. The first-order chi connectivity index (χ1) is 12.4. The van der Waals surface area contributed by atoms with Gasteiger partial charge in [-0.1, -0.05) is 0 Å². The molecule has 0 spiro atoms. The van der Waals surface area contributed by atoms with Crippen LogP contribution < -0.4 is 9.80 Å². The van der Waals surface area contributed by atoms with Gasteiger partial charge >= 0.3 is 6.18 Å². The van der Waals surface area contributed by atoms with E-state index in [4.69, 9.17) is 0 Å². The van der Waals surface area contributed by atoms with Crippen molar-refractivity contribution in [1.29, 1.82) is 0 Å². The summed E-state index contributed by atoms with van der Waals surface area (Å²) in [7, 11) is 0. The number of alkyl halides is 3. The van der Waals surface area contributed by atoms with Crippen LogP contribution in [0.25, 0.3) is 5.65 Å². The summed E-state index contributed by atoms with van der Waals surface area (Å²) < 4.78 is 40.2. The van der Waals surface area contributed by atoms with E-state index >= 15 is 0 Å². The van der Waals surface area contributed by atoms with Gasteiger partial charge in [0.15, 0.2) is 23.0 Å². The molecular formula is C16H16F3N7. The average molecular weight is 363 g/mol. The SMILES string of the molecule is Cc1ccc(N2CCN(c3nccn4cc(C(F)(F)F)nc34)CC2)nn1. The highest BCUT2D eigenvalue weighted by Crippen LogP contribution is 2.30. The second-order valence-corrected chi connectivity index (χ2v) is 6.11. The lowest BCUT2D eigenvalue weighted by Gasteiger charge is -2.35. The van der Waals surface area contributed by atoms with Crippen molar-refractivity contribution >= 4 is 17.3 Å². The molecule has 136 valence electrons. The zero-order valence-corrected chi connectivity index (χ0v) is 14.0. The Morgan fingerprint density at radius 2 is 1.73 bits per heavy atom. The Labute approximate surface area is 147 Å². The van der Waals surface area contributed by atoms with Crippen molar-refractivity contribution in [2.24, 2.45) is 0 Å². The Balaban J connectivity index is 1.56. The molecule has 3 aromatic rings. The molecule has 1 aliphatic rings. The molecule has 0 atom stereocenters. The minimum absolute atomic E-state index is 0.211. The van der Waals surface area contributed by atoms with Gasteiger partial charge in [0.25, 0.3) is 0 Å². The fourth-order valence-corrected chi connectivity index (χ4v) is 2.97. The smallest absolute Gasteiger partial charge is 0.352 e. The highest BCUT2D eigenvalue weighted by molar-refractivity contribution is 5.65. The van der Waals surface area contributed by atoms with Crippen molar-refractivity contribution < 1.29 is 13.2 Å². The van der Waals surface area contributed by atoms with Crippen LogP contribution in [-0.4, -0.2) is 50.7 Å². The van der Waals surface area contributed by atoms with E-state index in [1.807, 2.05) is 24.0 Å². The second kappa shape index (κ2) is 6.11. The highest BCUT2D eigenvalue weighted by Gasteiger charge is 2.34. The first-order valence-corrected chi connectivity index (χ1v) is 8.13. The van der Waals surface area contributed by atoms with Gasteiger partial charge in [-0.25, -0.2) is 9.97 Å². The van der Waals surface area contributed by atoms with E-state index in [0.29, 0.717) is 32.0 Å². The Hall–Kier alpha value is -2.91. The van der Waals surface area contributed by atoms with Gasteiger partial charge in [-0.15, -0.1) is 5.10 Å². The normalized spacial score (nSPS) is 15.7. The van der Waals surface area contributed by atoms with Crippen LogP contribution in [0.1, 0.15) is 11.4 Å². The predicted molar refractivity (Wildman–Crippen MR) is 89.2 cm³/mol. The van der Waals surface area contributed by atoms with Crippen molar-refractivity contribution in [1.82, 2.24) is 24.6 Å². The summed E-state index contributed by atoms with van der Waals surface area (Å²) in [4.78, 5) is 12.0. The second-order valence-electron chi connectivity index (χ2n) is 6.11. The number of anilines is 2. The molecule has 1 fully saturated rings. The zero-order chi connectivity index (χ0) is 18.3. The number of hydrogen-bond acceptors (Lipinski definition) is 6. The van der Waals surface area contributed by atoms with Gasteiger partial charge < -0.3 is 14.2 Å². The molecule has 0 bridgehead atoms. The molecule has 4 rings (SSSR count). The Bertz CT molecular complexity index is 912. The summed E-state index contributed by atoms with van der Waals surface area (Å²) in [5.41, 5.74) is 0.145. The first-order valence-electron chi connectivity index (χ1n) is 8.13. The van der Waals surface area contributed by atoms with E-state index in [9.17, 15) is 13.2 Å². The Kier molecular flexibility index (Phi) is 3.89. The van der Waals surface area contributed by atoms with Crippen LogP contribution in [0.4, 0.5) is 24.8 Å². The summed E-state index contributed by atoms with van der Waals surface area (Å²) in [6, 6.07) is 3.82. The number of fused-ring (bicyclic) bond motifs is 1. The molecule has 3 aromatic heterocycles.